The number of aliphatic carboxylic acids is 1. The Morgan fingerprint density at radius 2 is 2.00 bits per heavy atom. The molecular weight excluding hydrogens is 208 g/mol. The minimum Gasteiger partial charge on any atom is -0.480 e. The number of hydrogen-bond donors (Lipinski definition) is 3. The van der Waals surface area contributed by atoms with Crippen LogP contribution in [0.1, 0.15) is 39.5 Å². The van der Waals surface area contributed by atoms with E-state index in [-0.39, 0.29) is 5.91 Å². The molecule has 0 saturated heterocycles. The molecule has 0 aromatic heterocycles. The van der Waals surface area contributed by atoms with E-state index < -0.39 is 11.5 Å². The quantitative estimate of drug-likeness (QED) is 0.538. The van der Waals surface area contributed by atoms with Crippen LogP contribution in [0.3, 0.4) is 0 Å². The lowest BCUT2D eigenvalue weighted by Crippen LogP contribution is -2.52. The van der Waals surface area contributed by atoms with E-state index in [1.807, 2.05) is 14.0 Å². The highest BCUT2D eigenvalue weighted by Gasteiger charge is 2.33. The lowest BCUT2D eigenvalue weighted by atomic mass is 9.96. The molecule has 0 aliphatic carbocycles. The van der Waals surface area contributed by atoms with Gasteiger partial charge in [-0.2, -0.15) is 0 Å². The molecule has 0 spiro atoms. The average molecular weight is 230 g/mol. The van der Waals surface area contributed by atoms with Crippen molar-refractivity contribution < 1.29 is 14.7 Å². The highest BCUT2D eigenvalue weighted by Crippen LogP contribution is 2.12. The van der Waals surface area contributed by atoms with Crippen molar-refractivity contribution in [2.75, 3.05) is 13.6 Å². The van der Waals surface area contributed by atoms with Crippen LogP contribution in [0.5, 0.6) is 0 Å². The number of carboxylic acids is 1. The third-order valence-corrected chi connectivity index (χ3v) is 2.47. The van der Waals surface area contributed by atoms with E-state index >= 15 is 0 Å². The first-order valence-corrected chi connectivity index (χ1v) is 5.65. The van der Waals surface area contributed by atoms with Gasteiger partial charge in [-0.25, -0.2) is 4.79 Å². The second kappa shape index (κ2) is 7.22. The van der Waals surface area contributed by atoms with Gasteiger partial charge in [-0.15, -0.1) is 0 Å². The molecule has 5 heteroatoms. The summed E-state index contributed by atoms with van der Waals surface area (Å²) in [5.41, 5.74) is -1.13. The molecule has 16 heavy (non-hydrogen) atoms. The van der Waals surface area contributed by atoms with Crippen molar-refractivity contribution in [3.63, 3.8) is 0 Å². The number of amides is 1. The summed E-state index contributed by atoms with van der Waals surface area (Å²) in [6.07, 6.45) is 2.23. The Morgan fingerprint density at radius 3 is 2.44 bits per heavy atom. The maximum atomic E-state index is 11.5. The molecule has 1 unspecified atom stereocenters. The SMILES string of the molecule is CCCC(C)(NC(=O)CCCNC)C(=O)O. The number of hydrogen-bond acceptors (Lipinski definition) is 3. The smallest absolute Gasteiger partial charge is 0.329 e. The predicted molar refractivity (Wildman–Crippen MR) is 62.3 cm³/mol. The van der Waals surface area contributed by atoms with Gasteiger partial charge < -0.3 is 15.7 Å². The van der Waals surface area contributed by atoms with E-state index in [1.165, 1.54) is 0 Å². The fourth-order valence-corrected chi connectivity index (χ4v) is 1.52. The normalized spacial score (nSPS) is 14.2. The lowest BCUT2D eigenvalue weighted by molar-refractivity contribution is -0.147. The zero-order chi connectivity index (χ0) is 12.6. The fourth-order valence-electron chi connectivity index (χ4n) is 1.52. The zero-order valence-electron chi connectivity index (χ0n) is 10.3. The van der Waals surface area contributed by atoms with Crippen molar-refractivity contribution in [3.05, 3.63) is 0 Å². The van der Waals surface area contributed by atoms with Crippen LogP contribution in [-0.4, -0.2) is 36.1 Å². The molecule has 0 aliphatic rings. The highest BCUT2D eigenvalue weighted by molar-refractivity contribution is 5.86. The number of carboxylic acid groups (broad SMARTS) is 1. The maximum Gasteiger partial charge on any atom is 0.329 e. The Labute approximate surface area is 96.6 Å². The first-order chi connectivity index (χ1) is 7.46. The van der Waals surface area contributed by atoms with Crippen LogP contribution in [0.15, 0.2) is 0 Å². The Morgan fingerprint density at radius 1 is 1.38 bits per heavy atom. The summed E-state index contributed by atoms with van der Waals surface area (Å²) >= 11 is 0. The standard InChI is InChI=1S/C11H22N2O3/c1-4-7-11(2,10(15)16)13-9(14)6-5-8-12-3/h12H,4-8H2,1-3H3,(H,13,14)(H,15,16). The van der Waals surface area contributed by atoms with Gasteiger partial charge in [0, 0.05) is 6.42 Å². The molecule has 5 nitrogen and oxygen atoms in total. The third-order valence-electron chi connectivity index (χ3n) is 2.47. The Kier molecular flexibility index (Phi) is 6.72. The molecule has 0 heterocycles. The Bertz CT molecular complexity index is 243. The van der Waals surface area contributed by atoms with Crippen LogP contribution >= 0.6 is 0 Å². The van der Waals surface area contributed by atoms with Crippen LogP contribution in [0, 0.1) is 0 Å². The zero-order valence-corrected chi connectivity index (χ0v) is 10.3. The van der Waals surface area contributed by atoms with Gasteiger partial charge in [-0.1, -0.05) is 13.3 Å². The van der Waals surface area contributed by atoms with Gasteiger partial charge in [0.15, 0.2) is 0 Å². The topological polar surface area (TPSA) is 78.4 Å². The first kappa shape index (κ1) is 14.9. The molecule has 0 rings (SSSR count). The van der Waals surface area contributed by atoms with Gasteiger partial charge >= 0.3 is 5.97 Å². The van der Waals surface area contributed by atoms with E-state index in [0.29, 0.717) is 19.3 Å². The number of rotatable bonds is 8. The van der Waals surface area contributed by atoms with Crippen molar-refractivity contribution in [1.29, 1.82) is 0 Å². The summed E-state index contributed by atoms with van der Waals surface area (Å²) in [6.45, 7) is 4.20. The molecule has 1 atom stereocenters. The van der Waals surface area contributed by atoms with Crippen molar-refractivity contribution in [1.82, 2.24) is 10.6 Å². The number of nitrogens with one attached hydrogen (secondary N) is 2. The van der Waals surface area contributed by atoms with E-state index in [9.17, 15) is 9.59 Å². The van der Waals surface area contributed by atoms with Gasteiger partial charge in [0.2, 0.25) is 5.91 Å². The maximum absolute atomic E-state index is 11.5. The van der Waals surface area contributed by atoms with Gasteiger partial charge in [0.1, 0.15) is 5.54 Å². The third kappa shape index (κ3) is 5.11. The van der Waals surface area contributed by atoms with E-state index in [0.717, 1.165) is 13.0 Å². The molecular formula is C11H22N2O3. The predicted octanol–water partition coefficient (Wildman–Crippen LogP) is 0.746. The first-order valence-electron chi connectivity index (χ1n) is 5.65. The van der Waals surface area contributed by atoms with Crippen LogP contribution < -0.4 is 10.6 Å². The monoisotopic (exact) mass is 230 g/mol. The van der Waals surface area contributed by atoms with Crippen molar-refractivity contribution >= 4 is 11.9 Å². The summed E-state index contributed by atoms with van der Waals surface area (Å²) < 4.78 is 0. The van der Waals surface area contributed by atoms with E-state index in [4.69, 9.17) is 5.11 Å². The molecule has 94 valence electrons. The molecule has 0 aromatic rings. The second-order valence-electron chi connectivity index (χ2n) is 4.14. The summed E-state index contributed by atoms with van der Waals surface area (Å²) in [5, 5.41) is 14.6. The van der Waals surface area contributed by atoms with Gasteiger partial charge in [-0.05, 0) is 33.4 Å². The molecule has 0 aromatic carbocycles. The summed E-state index contributed by atoms with van der Waals surface area (Å²) in [7, 11) is 1.82. The van der Waals surface area contributed by atoms with Gasteiger partial charge in [0.05, 0.1) is 0 Å². The molecule has 0 aliphatic heterocycles. The van der Waals surface area contributed by atoms with E-state index in [1.54, 1.807) is 6.92 Å². The molecule has 1 amide bonds. The van der Waals surface area contributed by atoms with Crippen molar-refractivity contribution in [3.8, 4) is 0 Å². The van der Waals surface area contributed by atoms with Crippen molar-refractivity contribution in [2.45, 2.75) is 45.1 Å². The Balaban J connectivity index is 4.19. The Hall–Kier alpha value is -1.10. The van der Waals surface area contributed by atoms with Gasteiger partial charge in [0.25, 0.3) is 0 Å². The van der Waals surface area contributed by atoms with Crippen LogP contribution in [0.4, 0.5) is 0 Å². The van der Waals surface area contributed by atoms with Crippen LogP contribution in [0.2, 0.25) is 0 Å². The lowest BCUT2D eigenvalue weighted by Gasteiger charge is -2.25. The summed E-state index contributed by atoms with van der Waals surface area (Å²) in [4.78, 5) is 22.6. The largest absolute Gasteiger partial charge is 0.480 e. The fraction of sp³-hybridized carbons (Fsp3) is 0.818. The summed E-state index contributed by atoms with van der Waals surface area (Å²) in [5.74, 6) is -1.18. The van der Waals surface area contributed by atoms with E-state index in [2.05, 4.69) is 10.6 Å². The average Bonchev–Trinajstić information content (AvgIpc) is 2.18. The minimum absolute atomic E-state index is 0.200. The van der Waals surface area contributed by atoms with Crippen LogP contribution in [0.25, 0.3) is 0 Å². The number of carbonyl (C=O) groups excluding carboxylic acids is 1. The molecule has 0 saturated carbocycles. The number of carbonyl (C=O) groups is 2. The molecule has 3 N–H and O–H groups in total. The van der Waals surface area contributed by atoms with Crippen LogP contribution in [-0.2, 0) is 9.59 Å². The minimum atomic E-state index is -1.13. The molecule has 0 radical (unpaired) electrons. The highest BCUT2D eigenvalue weighted by atomic mass is 16.4. The van der Waals surface area contributed by atoms with Gasteiger partial charge in [-0.3, -0.25) is 4.79 Å². The molecule has 0 bridgehead atoms. The summed E-state index contributed by atoms with van der Waals surface area (Å²) in [6, 6.07) is 0. The molecule has 0 fully saturated rings. The van der Waals surface area contributed by atoms with Crippen molar-refractivity contribution in [2.24, 2.45) is 0 Å². The second-order valence-corrected chi connectivity index (χ2v) is 4.14.